The van der Waals surface area contributed by atoms with Crippen LogP contribution < -0.4 is 9.75 Å². The van der Waals surface area contributed by atoms with E-state index in [1.54, 1.807) is 6.07 Å². The predicted octanol–water partition coefficient (Wildman–Crippen LogP) is -0.199. The number of benzene rings is 1. The summed E-state index contributed by atoms with van der Waals surface area (Å²) in [6.07, 6.45) is 0.538. The molecule has 1 aliphatic rings. The summed E-state index contributed by atoms with van der Waals surface area (Å²) in [5.41, 5.74) is 0.717. The topological polar surface area (TPSA) is 141 Å². The van der Waals surface area contributed by atoms with E-state index in [-0.39, 0.29) is 51.9 Å². The highest BCUT2D eigenvalue weighted by Gasteiger charge is 2.39. The Balaban J connectivity index is 1.95. The second-order valence-electron chi connectivity index (χ2n) is 4.93. The van der Waals surface area contributed by atoms with Crippen LogP contribution in [-0.2, 0) is 12.8 Å². The fourth-order valence-corrected chi connectivity index (χ4v) is 2.63. The summed E-state index contributed by atoms with van der Waals surface area (Å²) in [6.45, 7) is 0. The summed E-state index contributed by atoms with van der Waals surface area (Å²) in [5, 5.41) is 42.8. The van der Waals surface area contributed by atoms with E-state index >= 15 is 0 Å². The third kappa shape index (κ3) is 1.76. The van der Waals surface area contributed by atoms with Crippen molar-refractivity contribution in [3.8, 4) is 17.1 Å². The highest BCUT2D eigenvalue weighted by Crippen LogP contribution is 2.28. The van der Waals surface area contributed by atoms with Crippen molar-refractivity contribution in [1.29, 1.82) is 0 Å². The molecule has 3 aromatic rings. The molecule has 11 nitrogen and oxygen atoms in total. The van der Waals surface area contributed by atoms with Gasteiger partial charge in [-0.25, -0.2) is 0 Å². The molecule has 2 aromatic heterocycles. The molecule has 1 aliphatic carbocycles. The first-order valence-corrected chi connectivity index (χ1v) is 6.62. The lowest BCUT2D eigenvalue weighted by molar-refractivity contribution is -0.808. The van der Waals surface area contributed by atoms with E-state index in [9.17, 15) is 20.5 Å². The Morgan fingerprint density at radius 3 is 2.70 bits per heavy atom. The fourth-order valence-electron chi connectivity index (χ4n) is 2.63. The Kier molecular flexibility index (Phi) is 2.58. The minimum atomic E-state index is -0.594. The Bertz CT molecular complexity index is 946. The molecular weight excluding hydrogens is 308 g/mol. The van der Waals surface area contributed by atoms with Crippen molar-refractivity contribution < 1.29 is 19.3 Å². The summed E-state index contributed by atoms with van der Waals surface area (Å²) in [7, 11) is 0. The minimum Gasteiger partial charge on any atom is -0.692 e. The van der Waals surface area contributed by atoms with Crippen LogP contribution in [0.5, 0.6) is 0 Å². The van der Waals surface area contributed by atoms with Crippen molar-refractivity contribution in [2.24, 2.45) is 0 Å². The van der Waals surface area contributed by atoms with Crippen LogP contribution in [0.2, 0.25) is 0 Å². The molecule has 0 amide bonds. The van der Waals surface area contributed by atoms with Crippen molar-refractivity contribution in [3.63, 3.8) is 0 Å². The second-order valence-corrected chi connectivity index (χ2v) is 4.93. The largest absolute Gasteiger partial charge is 0.692 e. The van der Waals surface area contributed by atoms with Gasteiger partial charge in [-0.15, -0.1) is 4.85 Å². The first kappa shape index (κ1) is 13.2. The first-order chi connectivity index (χ1) is 11.1. The second kappa shape index (κ2) is 4.50. The zero-order valence-electron chi connectivity index (χ0n) is 11.4. The van der Waals surface area contributed by atoms with Gasteiger partial charge in [0.25, 0.3) is 0 Å². The van der Waals surface area contributed by atoms with Crippen molar-refractivity contribution in [1.82, 2.24) is 15.1 Å². The van der Waals surface area contributed by atoms with Gasteiger partial charge in [0.05, 0.1) is 15.2 Å². The maximum Gasteiger partial charge on any atom is 0.303 e. The highest BCUT2D eigenvalue weighted by atomic mass is 16.8. The van der Waals surface area contributed by atoms with E-state index < -0.39 is 4.92 Å². The average molecular weight is 316 g/mol. The zero-order chi connectivity index (χ0) is 16.1. The average Bonchev–Trinajstić information content (AvgIpc) is 3.08. The van der Waals surface area contributed by atoms with Crippen LogP contribution in [0.15, 0.2) is 28.9 Å². The molecule has 0 N–H and O–H groups in total. The number of rotatable bonds is 2. The van der Waals surface area contributed by atoms with Crippen LogP contribution in [0.4, 0.5) is 5.69 Å². The van der Waals surface area contributed by atoms with E-state index in [1.807, 2.05) is 0 Å². The molecule has 23 heavy (non-hydrogen) atoms. The van der Waals surface area contributed by atoms with E-state index in [4.69, 9.17) is 0 Å². The number of para-hydroxylation sites is 2. The minimum absolute atomic E-state index is 0.0296. The molecule has 0 unspecified atom stereocenters. The van der Waals surface area contributed by atoms with Crippen molar-refractivity contribution >= 4 is 5.69 Å². The molecule has 0 atom stereocenters. The SMILES string of the molecule is O=[N+]([O-])c1ccccc1-n1nc2c([n+]1[O-])CCc1c-2no[n+]1[O-]. The molecule has 116 valence electrons. The fraction of sp³-hybridized carbons (Fsp3) is 0.167. The Labute approximate surface area is 127 Å². The number of nitro groups is 1. The number of nitrogens with zero attached hydrogens (tertiary/aromatic N) is 6. The van der Waals surface area contributed by atoms with Crippen LogP contribution in [0.3, 0.4) is 0 Å². The number of nitro benzene ring substituents is 1. The van der Waals surface area contributed by atoms with E-state index in [1.165, 1.54) is 18.2 Å². The summed E-state index contributed by atoms with van der Waals surface area (Å²) >= 11 is 0. The predicted molar refractivity (Wildman–Crippen MR) is 71.0 cm³/mol. The third-order valence-electron chi connectivity index (χ3n) is 3.69. The smallest absolute Gasteiger partial charge is 0.303 e. The van der Waals surface area contributed by atoms with E-state index in [0.29, 0.717) is 4.85 Å². The molecule has 0 radical (unpaired) electrons. The summed E-state index contributed by atoms with van der Waals surface area (Å²) in [6, 6.07) is 5.76. The van der Waals surface area contributed by atoms with Crippen molar-refractivity contribution in [2.45, 2.75) is 12.8 Å². The number of hydrogen-bond donors (Lipinski definition) is 0. The first-order valence-electron chi connectivity index (χ1n) is 6.62. The molecule has 0 bridgehead atoms. The molecule has 0 saturated carbocycles. The Morgan fingerprint density at radius 1 is 1.17 bits per heavy atom. The molecule has 1 aromatic carbocycles. The van der Waals surface area contributed by atoms with Gasteiger partial charge in [0.1, 0.15) is 0 Å². The van der Waals surface area contributed by atoms with Gasteiger partial charge < -0.3 is 10.4 Å². The standard InChI is InChI=1S/C12H8N6O5/c19-16-9-5-6-10-12(14-23-18(10)22)11(9)13-15(16)7-3-1-2-4-8(7)17(20)21/h1-4H,5-6H2. The molecule has 4 rings (SSSR count). The Hall–Kier alpha value is -3.50. The molecule has 0 fully saturated rings. The van der Waals surface area contributed by atoms with Crippen LogP contribution >= 0.6 is 0 Å². The van der Waals surface area contributed by atoms with Gasteiger partial charge in [0.2, 0.25) is 11.4 Å². The van der Waals surface area contributed by atoms with Gasteiger partial charge >= 0.3 is 17.1 Å². The normalized spacial score (nSPS) is 12.7. The molecular formula is C12H8N6O5. The van der Waals surface area contributed by atoms with Gasteiger partial charge in [-0.05, 0) is 11.0 Å². The van der Waals surface area contributed by atoms with Crippen molar-refractivity contribution in [2.75, 3.05) is 0 Å². The lowest BCUT2D eigenvalue weighted by Crippen LogP contribution is -2.41. The number of fused-ring (bicyclic) bond motifs is 3. The van der Waals surface area contributed by atoms with Gasteiger partial charge in [-0.3, -0.25) is 14.7 Å². The molecule has 11 heteroatoms. The van der Waals surface area contributed by atoms with E-state index in [0.717, 1.165) is 4.80 Å². The zero-order valence-corrected chi connectivity index (χ0v) is 11.4. The van der Waals surface area contributed by atoms with Crippen molar-refractivity contribution in [3.05, 3.63) is 56.2 Å². The maximum atomic E-state index is 12.5. The van der Waals surface area contributed by atoms with Crippen LogP contribution in [0.1, 0.15) is 11.4 Å². The van der Waals surface area contributed by atoms with Crippen LogP contribution in [0, 0.1) is 20.5 Å². The van der Waals surface area contributed by atoms with Gasteiger partial charge in [-0.1, -0.05) is 12.1 Å². The monoisotopic (exact) mass is 316 g/mol. The molecule has 2 heterocycles. The quantitative estimate of drug-likeness (QED) is 0.276. The van der Waals surface area contributed by atoms with Crippen LogP contribution in [0.25, 0.3) is 17.1 Å². The highest BCUT2D eigenvalue weighted by molar-refractivity contribution is 5.60. The molecule has 0 spiro atoms. The number of hydrogen-bond acceptors (Lipinski definition) is 7. The third-order valence-corrected chi connectivity index (χ3v) is 3.69. The Morgan fingerprint density at radius 2 is 1.91 bits per heavy atom. The molecule has 0 aliphatic heterocycles. The maximum absolute atomic E-state index is 12.5. The molecule has 0 saturated heterocycles. The summed E-state index contributed by atoms with van der Waals surface area (Å²) in [5.74, 6) is 0. The number of aromatic nitrogens is 5. The lowest BCUT2D eigenvalue weighted by Gasteiger charge is -2.07. The van der Waals surface area contributed by atoms with Gasteiger partial charge in [0.15, 0.2) is 5.69 Å². The van der Waals surface area contributed by atoms with E-state index in [2.05, 4.69) is 14.9 Å². The lowest BCUT2D eigenvalue weighted by atomic mass is 10.0. The summed E-state index contributed by atoms with van der Waals surface area (Å²) in [4.78, 5) is 12.2. The summed E-state index contributed by atoms with van der Waals surface area (Å²) < 4.78 is 4.53. The van der Waals surface area contributed by atoms with Gasteiger partial charge in [-0.2, -0.15) is 0 Å². The van der Waals surface area contributed by atoms with Crippen LogP contribution in [-0.4, -0.2) is 20.0 Å². The van der Waals surface area contributed by atoms with Gasteiger partial charge in [0, 0.05) is 23.7 Å².